The van der Waals surface area contributed by atoms with Gasteiger partial charge < -0.3 is 5.32 Å². The Kier molecular flexibility index (Phi) is 4.22. The molecule has 0 bridgehead atoms. The van der Waals surface area contributed by atoms with Crippen LogP contribution in [-0.4, -0.2) is 11.0 Å². The number of hydrogen-bond donors (Lipinski definition) is 1. The minimum atomic E-state index is -0.573. The Bertz CT molecular complexity index is 548. The molecule has 0 radical (unpaired) electrons. The zero-order valence-electron chi connectivity index (χ0n) is 11.0. The van der Waals surface area contributed by atoms with Crippen molar-refractivity contribution in [1.82, 2.24) is 10.3 Å². The normalized spacial score (nSPS) is 11.0. The van der Waals surface area contributed by atoms with E-state index in [1.807, 2.05) is 13.8 Å². The van der Waals surface area contributed by atoms with Crippen molar-refractivity contribution in [2.75, 3.05) is 0 Å². The molecule has 1 N–H and O–H groups in total. The Hall–Kier alpha value is -1.81. The summed E-state index contributed by atoms with van der Waals surface area (Å²) >= 11 is 0. The highest BCUT2D eigenvalue weighted by Gasteiger charge is 2.11. The predicted octanol–water partition coefficient (Wildman–Crippen LogP) is 3.52. The molecule has 1 aromatic carbocycles. The van der Waals surface area contributed by atoms with Gasteiger partial charge in [-0.1, -0.05) is 19.9 Å². The summed E-state index contributed by atoms with van der Waals surface area (Å²) in [6.45, 7) is 4.69. The molecule has 0 atom stereocenters. The lowest BCUT2D eigenvalue weighted by molar-refractivity contribution is 0.585. The first-order chi connectivity index (χ1) is 9.08. The number of benzene rings is 1. The Morgan fingerprint density at radius 1 is 1.16 bits per heavy atom. The van der Waals surface area contributed by atoms with Crippen molar-refractivity contribution in [3.8, 4) is 11.1 Å². The van der Waals surface area contributed by atoms with E-state index in [9.17, 15) is 8.78 Å². The smallest absolute Gasteiger partial charge is 0.134 e. The molecule has 1 heterocycles. The van der Waals surface area contributed by atoms with Gasteiger partial charge in [-0.15, -0.1) is 0 Å². The highest BCUT2D eigenvalue weighted by molar-refractivity contribution is 5.64. The second kappa shape index (κ2) is 5.89. The van der Waals surface area contributed by atoms with Crippen LogP contribution in [0.1, 0.15) is 19.4 Å². The van der Waals surface area contributed by atoms with Crippen LogP contribution in [0.3, 0.4) is 0 Å². The van der Waals surface area contributed by atoms with Crippen molar-refractivity contribution < 1.29 is 8.78 Å². The number of nitrogens with one attached hydrogen (secondary N) is 1. The van der Waals surface area contributed by atoms with Gasteiger partial charge >= 0.3 is 0 Å². The van der Waals surface area contributed by atoms with Crippen molar-refractivity contribution in [1.29, 1.82) is 0 Å². The van der Waals surface area contributed by atoms with E-state index < -0.39 is 11.6 Å². The summed E-state index contributed by atoms with van der Waals surface area (Å²) in [6, 6.07) is 5.94. The van der Waals surface area contributed by atoms with E-state index in [4.69, 9.17) is 0 Å². The first-order valence-corrected chi connectivity index (χ1v) is 6.19. The number of aromatic nitrogens is 1. The molecule has 0 spiro atoms. The van der Waals surface area contributed by atoms with E-state index in [-0.39, 0.29) is 5.56 Å². The van der Waals surface area contributed by atoms with Gasteiger partial charge in [0.25, 0.3) is 0 Å². The Balaban J connectivity index is 2.33. The lowest BCUT2D eigenvalue weighted by Gasteiger charge is -2.10. The van der Waals surface area contributed by atoms with E-state index in [1.165, 1.54) is 24.4 Å². The first-order valence-electron chi connectivity index (χ1n) is 6.19. The molecule has 0 fully saturated rings. The average Bonchev–Trinajstić information content (AvgIpc) is 2.37. The third-order valence-corrected chi connectivity index (χ3v) is 2.76. The molecule has 0 saturated heterocycles. The summed E-state index contributed by atoms with van der Waals surface area (Å²) in [5, 5.41) is 3.24. The molecule has 2 rings (SSSR count). The van der Waals surface area contributed by atoms with E-state index in [2.05, 4.69) is 10.3 Å². The van der Waals surface area contributed by atoms with E-state index in [0.29, 0.717) is 18.2 Å². The van der Waals surface area contributed by atoms with Crippen LogP contribution in [0.2, 0.25) is 0 Å². The minimum absolute atomic E-state index is 0.0265. The van der Waals surface area contributed by atoms with Gasteiger partial charge in [0.15, 0.2) is 0 Å². The second-order valence-electron chi connectivity index (χ2n) is 4.71. The quantitative estimate of drug-likeness (QED) is 0.911. The van der Waals surface area contributed by atoms with Crippen molar-refractivity contribution in [2.24, 2.45) is 0 Å². The fourth-order valence-electron chi connectivity index (χ4n) is 1.82. The molecule has 0 aliphatic rings. The number of hydrogen-bond acceptors (Lipinski definition) is 2. The molecule has 0 unspecified atom stereocenters. The van der Waals surface area contributed by atoms with Crippen molar-refractivity contribution in [3.63, 3.8) is 0 Å². The van der Waals surface area contributed by atoms with Gasteiger partial charge in [-0.05, 0) is 23.8 Å². The molecule has 2 nitrogen and oxygen atoms in total. The number of rotatable bonds is 4. The van der Waals surface area contributed by atoms with E-state index >= 15 is 0 Å². The lowest BCUT2D eigenvalue weighted by atomic mass is 10.0. The molecule has 4 heteroatoms. The van der Waals surface area contributed by atoms with Gasteiger partial charge in [0.05, 0.1) is 5.56 Å². The predicted molar refractivity (Wildman–Crippen MR) is 71.6 cm³/mol. The minimum Gasteiger partial charge on any atom is -0.310 e. The maximum atomic E-state index is 13.7. The zero-order chi connectivity index (χ0) is 13.8. The fraction of sp³-hybridized carbons (Fsp3) is 0.267. The highest BCUT2D eigenvalue weighted by Crippen LogP contribution is 2.25. The van der Waals surface area contributed by atoms with Gasteiger partial charge in [-0.2, -0.15) is 0 Å². The molecule has 0 saturated carbocycles. The molecule has 19 heavy (non-hydrogen) atoms. The maximum absolute atomic E-state index is 13.7. The van der Waals surface area contributed by atoms with Crippen molar-refractivity contribution in [2.45, 2.75) is 26.4 Å². The topological polar surface area (TPSA) is 24.9 Å². The second-order valence-corrected chi connectivity index (χ2v) is 4.71. The third-order valence-electron chi connectivity index (χ3n) is 2.76. The molecule has 0 aliphatic carbocycles. The number of halogens is 2. The summed E-state index contributed by atoms with van der Waals surface area (Å²) in [6.07, 6.45) is 3.16. The monoisotopic (exact) mass is 262 g/mol. The molecule has 2 aromatic rings. The van der Waals surface area contributed by atoms with E-state index in [1.54, 1.807) is 12.3 Å². The van der Waals surface area contributed by atoms with Crippen LogP contribution in [0.15, 0.2) is 36.7 Å². The van der Waals surface area contributed by atoms with Crippen LogP contribution in [0.25, 0.3) is 11.1 Å². The summed E-state index contributed by atoms with van der Waals surface area (Å²) in [5.41, 5.74) is 1.33. The molecular weight excluding hydrogens is 246 g/mol. The molecule has 0 aliphatic heterocycles. The summed E-state index contributed by atoms with van der Waals surface area (Å²) < 4.78 is 27.4. The summed E-state index contributed by atoms with van der Waals surface area (Å²) in [7, 11) is 0. The van der Waals surface area contributed by atoms with Crippen LogP contribution in [-0.2, 0) is 6.54 Å². The van der Waals surface area contributed by atoms with Crippen LogP contribution >= 0.6 is 0 Å². The largest absolute Gasteiger partial charge is 0.310 e. The van der Waals surface area contributed by atoms with Gasteiger partial charge in [0.1, 0.15) is 11.6 Å². The van der Waals surface area contributed by atoms with Crippen LogP contribution < -0.4 is 5.32 Å². The van der Waals surface area contributed by atoms with Crippen LogP contribution in [0.4, 0.5) is 8.78 Å². The molecule has 1 aromatic heterocycles. The SMILES string of the molecule is CC(C)NCc1cncc(-c2c(F)cccc2F)c1. The van der Waals surface area contributed by atoms with Crippen LogP contribution in [0, 0.1) is 11.6 Å². The van der Waals surface area contributed by atoms with Crippen LogP contribution in [0.5, 0.6) is 0 Å². The molecular formula is C15H16F2N2. The van der Waals surface area contributed by atoms with E-state index in [0.717, 1.165) is 5.56 Å². The first kappa shape index (κ1) is 13.6. The Labute approximate surface area is 111 Å². The third kappa shape index (κ3) is 3.35. The Morgan fingerprint density at radius 2 is 1.84 bits per heavy atom. The maximum Gasteiger partial charge on any atom is 0.134 e. The zero-order valence-corrected chi connectivity index (χ0v) is 11.0. The van der Waals surface area contributed by atoms with Gasteiger partial charge in [0, 0.05) is 30.5 Å². The summed E-state index contributed by atoms with van der Waals surface area (Å²) in [5.74, 6) is -1.15. The fourth-order valence-corrected chi connectivity index (χ4v) is 1.82. The van der Waals surface area contributed by atoms with Crippen molar-refractivity contribution in [3.05, 3.63) is 53.9 Å². The molecule has 0 amide bonds. The van der Waals surface area contributed by atoms with Gasteiger partial charge in [0.2, 0.25) is 0 Å². The van der Waals surface area contributed by atoms with Crippen molar-refractivity contribution >= 4 is 0 Å². The highest BCUT2D eigenvalue weighted by atomic mass is 19.1. The van der Waals surface area contributed by atoms with Gasteiger partial charge in [-0.3, -0.25) is 4.98 Å². The standard InChI is InChI=1S/C15H16F2N2/c1-10(2)19-8-11-6-12(9-18-7-11)15-13(16)4-3-5-14(15)17/h3-7,9-10,19H,8H2,1-2H3. The average molecular weight is 262 g/mol. The lowest BCUT2D eigenvalue weighted by Crippen LogP contribution is -2.21. The summed E-state index contributed by atoms with van der Waals surface area (Å²) in [4.78, 5) is 4.05. The number of nitrogens with zero attached hydrogens (tertiary/aromatic N) is 1. The Morgan fingerprint density at radius 3 is 2.47 bits per heavy atom. The molecule has 100 valence electrons. The number of pyridine rings is 1. The van der Waals surface area contributed by atoms with Gasteiger partial charge in [-0.25, -0.2) is 8.78 Å².